The lowest BCUT2D eigenvalue weighted by molar-refractivity contribution is 0.0640. The smallest absolute Gasteiger partial charge is 0.280 e. The third kappa shape index (κ3) is 3.57. The number of fused-ring (bicyclic) bond motifs is 1. The summed E-state index contributed by atoms with van der Waals surface area (Å²) in [5.74, 6) is -0.861. The van der Waals surface area contributed by atoms with Crippen LogP contribution in [0.4, 0.5) is 5.69 Å². The molecule has 2 amide bonds. The van der Waals surface area contributed by atoms with E-state index in [1.807, 2.05) is 19.9 Å². The first-order valence-corrected chi connectivity index (χ1v) is 10.7. The SMILES string of the molecule is Cc1ccc(NS(=O)(=O)c2ccc(CN3C(=O)c4cccnc4C3=O)cc2)cc1C. The number of sulfonamides is 1. The molecule has 7 nitrogen and oxygen atoms in total. The number of imide groups is 1. The van der Waals surface area contributed by atoms with Crippen molar-refractivity contribution >= 4 is 27.5 Å². The van der Waals surface area contributed by atoms with Crippen LogP contribution in [0.15, 0.2) is 65.7 Å². The minimum absolute atomic E-state index is 0.0406. The molecule has 0 saturated carbocycles. The van der Waals surface area contributed by atoms with Gasteiger partial charge in [0.15, 0.2) is 0 Å². The van der Waals surface area contributed by atoms with Gasteiger partial charge in [-0.25, -0.2) is 8.42 Å². The molecular weight excluding hydrogens is 402 g/mol. The minimum Gasteiger partial charge on any atom is -0.280 e. The molecule has 3 aromatic rings. The topological polar surface area (TPSA) is 96.4 Å². The van der Waals surface area contributed by atoms with Gasteiger partial charge in [-0.2, -0.15) is 0 Å². The molecule has 0 atom stereocenters. The quantitative estimate of drug-likeness (QED) is 0.638. The van der Waals surface area contributed by atoms with Gasteiger partial charge in [-0.1, -0.05) is 18.2 Å². The molecule has 0 radical (unpaired) electrons. The molecule has 1 aromatic heterocycles. The molecule has 0 unspecified atom stereocenters. The van der Waals surface area contributed by atoms with Crippen LogP contribution in [0, 0.1) is 13.8 Å². The first-order chi connectivity index (χ1) is 14.3. The molecule has 1 aliphatic rings. The number of anilines is 1. The highest BCUT2D eigenvalue weighted by molar-refractivity contribution is 7.92. The van der Waals surface area contributed by atoms with E-state index in [0.29, 0.717) is 11.3 Å². The zero-order valence-electron chi connectivity index (χ0n) is 16.4. The molecule has 1 N–H and O–H groups in total. The fourth-order valence-electron chi connectivity index (χ4n) is 3.23. The van der Waals surface area contributed by atoms with Crippen LogP contribution in [0.3, 0.4) is 0 Å². The lowest BCUT2D eigenvalue weighted by Crippen LogP contribution is -2.29. The Morgan fingerprint density at radius 2 is 1.67 bits per heavy atom. The summed E-state index contributed by atoms with van der Waals surface area (Å²) in [5.41, 5.74) is 3.60. The molecule has 4 rings (SSSR count). The average Bonchev–Trinajstić information content (AvgIpc) is 2.96. The Hall–Kier alpha value is -3.52. The Balaban J connectivity index is 1.51. The van der Waals surface area contributed by atoms with Crippen molar-refractivity contribution in [3.63, 3.8) is 0 Å². The third-order valence-electron chi connectivity index (χ3n) is 5.06. The Bertz CT molecular complexity index is 1230. The van der Waals surface area contributed by atoms with E-state index in [9.17, 15) is 18.0 Å². The first-order valence-electron chi connectivity index (χ1n) is 9.26. The number of hydrogen-bond acceptors (Lipinski definition) is 5. The number of amides is 2. The van der Waals surface area contributed by atoms with E-state index in [1.165, 1.54) is 18.3 Å². The summed E-state index contributed by atoms with van der Waals surface area (Å²) in [6, 6.07) is 14.6. The highest BCUT2D eigenvalue weighted by Crippen LogP contribution is 2.24. The molecule has 0 saturated heterocycles. The second-order valence-electron chi connectivity index (χ2n) is 7.14. The Morgan fingerprint density at radius 3 is 2.33 bits per heavy atom. The van der Waals surface area contributed by atoms with Crippen molar-refractivity contribution in [1.82, 2.24) is 9.88 Å². The van der Waals surface area contributed by atoms with Gasteiger partial charge >= 0.3 is 0 Å². The predicted octanol–water partition coefficient (Wildman–Crippen LogP) is 3.30. The Kier molecular flexibility index (Phi) is 4.87. The monoisotopic (exact) mass is 421 g/mol. The largest absolute Gasteiger partial charge is 0.280 e. The summed E-state index contributed by atoms with van der Waals surface area (Å²) in [6.07, 6.45) is 1.47. The number of hydrogen-bond donors (Lipinski definition) is 1. The van der Waals surface area contributed by atoms with E-state index < -0.39 is 21.8 Å². The van der Waals surface area contributed by atoms with E-state index in [4.69, 9.17) is 0 Å². The van der Waals surface area contributed by atoms with E-state index >= 15 is 0 Å². The maximum Gasteiger partial charge on any atom is 0.280 e. The second kappa shape index (κ2) is 7.38. The number of aromatic nitrogens is 1. The van der Waals surface area contributed by atoms with Crippen molar-refractivity contribution in [3.05, 3.63) is 88.7 Å². The van der Waals surface area contributed by atoms with Gasteiger partial charge in [-0.15, -0.1) is 0 Å². The summed E-state index contributed by atoms with van der Waals surface area (Å²) in [7, 11) is -3.76. The molecule has 1 aliphatic heterocycles. The molecule has 0 aliphatic carbocycles. The van der Waals surface area contributed by atoms with Crippen LogP contribution in [0.5, 0.6) is 0 Å². The number of carbonyl (C=O) groups is 2. The minimum atomic E-state index is -3.76. The summed E-state index contributed by atoms with van der Waals surface area (Å²) in [6.45, 7) is 3.91. The number of pyridine rings is 1. The van der Waals surface area contributed by atoms with Crippen molar-refractivity contribution in [2.45, 2.75) is 25.3 Å². The third-order valence-corrected chi connectivity index (χ3v) is 6.46. The summed E-state index contributed by atoms with van der Waals surface area (Å²) < 4.78 is 27.9. The summed E-state index contributed by atoms with van der Waals surface area (Å²) in [4.78, 5) is 30.1. The molecule has 30 heavy (non-hydrogen) atoms. The van der Waals surface area contributed by atoms with Gasteiger partial charge in [0.2, 0.25) is 0 Å². The van der Waals surface area contributed by atoms with Gasteiger partial charge in [0.25, 0.3) is 21.8 Å². The van der Waals surface area contributed by atoms with E-state index in [1.54, 1.807) is 36.4 Å². The molecule has 0 spiro atoms. The molecule has 0 bridgehead atoms. The number of nitrogens with one attached hydrogen (secondary N) is 1. The maximum absolute atomic E-state index is 12.7. The fourth-order valence-corrected chi connectivity index (χ4v) is 4.28. The average molecular weight is 421 g/mol. The van der Waals surface area contributed by atoms with Crippen LogP contribution in [-0.2, 0) is 16.6 Å². The van der Waals surface area contributed by atoms with Crippen LogP contribution >= 0.6 is 0 Å². The van der Waals surface area contributed by atoms with Gasteiger partial charge < -0.3 is 0 Å². The van der Waals surface area contributed by atoms with Crippen molar-refractivity contribution in [1.29, 1.82) is 0 Å². The molecule has 152 valence electrons. The highest BCUT2D eigenvalue weighted by Gasteiger charge is 2.36. The molecular formula is C22H19N3O4S. The van der Waals surface area contributed by atoms with Gasteiger partial charge in [-0.3, -0.25) is 24.2 Å². The number of nitrogens with zero attached hydrogens (tertiary/aromatic N) is 2. The lowest BCUT2D eigenvalue weighted by Gasteiger charge is -2.14. The molecule has 2 heterocycles. The number of benzene rings is 2. The van der Waals surface area contributed by atoms with Crippen molar-refractivity contribution < 1.29 is 18.0 Å². The standard InChI is InChI=1S/C22H19N3O4S/c1-14-5-8-17(12-15(14)2)24-30(28,29)18-9-6-16(7-10-18)13-25-21(26)19-4-3-11-23-20(19)22(25)27/h3-12,24H,13H2,1-2H3. The Morgan fingerprint density at radius 1 is 0.933 bits per heavy atom. The van der Waals surface area contributed by atoms with E-state index in [2.05, 4.69) is 9.71 Å². The molecule has 2 aromatic carbocycles. The lowest BCUT2D eigenvalue weighted by atomic mass is 10.1. The van der Waals surface area contributed by atoms with Gasteiger partial charge in [0.05, 0.1) is 17.0 Å². The van der Waals surface area contributed by atoms with Gasteiger partial charge in [0, 0.05) is 11.9 Å². The van der Waals surface area contributed by atoms with Crippen LogP contribution in [0.1, 0.15) is 37.5 Å². The number of carbonyl (C=O) groups excluding carboxylic acids is 2. The Labute approximate surface area is 174 Å². The first kappa shape index (κ1) is 19.8. The van der Waals surface area contributed by atoms with Crippen molar-refractivity contribution in [2.75, 3.05) is 4.72 Å². The van der Waals surface area contributed by atoms with Crippen LogP contribution in [-0.4, -0.2) is 30.1 Å². The number of aryl methyl sites for hydroxylation is 2. The van der Waals surface area contributed by atoms with Gasteiger partial charge in [0.1, 0.15) is 5.69 Å². The maximum atomic E-state index is 12.7. The zero-order valence-corrected chi connectivity index (χ0v) is 17.2. The second-order valence-corrected chi connectivity index (χ2v) is 8.83. The van der Waals surface area contributed by atoms with Crippen molar-refractivity contribution in [3.8, 4) is 0 Å². The number of rotatable bonds is 5. The van der Waals surface area contributed by atoms with Crippen molar-refractivity contribution in [2.24, 2.45) is 0 Å². The highest BCUT2D eigenvalue weighted by atomic mass is 32.2. The predicted molar refractivity (Wildman–Crippen MR) is 112 cm³/mol. The molecule has 8 heteroatoms. The van der Waals surface area contributed by atoms with Crippen LogP contribution in [0.25, 0.3) is 0 Å². The van der Waals surface area contributed by atoms with Gasteiger partial charge in [-0.05, 0) is 66.9 Å². The van der Waals surface area contributed by atoms with Crippen LogP contribution < -0.4 is 4.72 Å². The summed E-state index contributed by atoms with van der Waals surface area (Å²) in [5, 5.41) is 0. The molecule has 0 fully saturated rings. The normalized spacial score (nSPS) is 13.5. The van der Waals surface area contributed by atoms with Crippen LogP contribution in [0.2, 0.25) is 0 Å². The zero-order chi connectivity index (χ0) is 21.5. The van der Waals surface area contributed by atoms with E-state index in [0.717, 1.165) is 16.0 Å². The van der Waals surface area contributed by atoms with E-state index in [-0.39, 0.29) is 22.7 Å². The summed E-state index contributed by atoms with van der Waals surface area (Å²) >= 11 is 0. The fraction of sp³-hybridized carbons (Fsp3) is 0.136.